The Morgan fingerprint density at radius 2 is 1.94 bits per heavy atom. The van der Waals surface area contributed by atoms with Crippen LogP contribution in [0.15, 0.2) is 60.8 Å². The Morgan fingerprint density at radius 1 is 1.13 bits per heavy atom. The third-order valence-corrected chi connectivity index (χ3v) is 5.60. The lowest BCUT2D eigenvalue weighted by Gasteiger charge is -2.20. The first-order chi connectivity index (χ1) is 15.0. The lowest BCUT2D eigenvalue weighted by molar-refractivity contribution is -0.142. The number of carbonyl (C=O) groups is 2. The van der Waals surface area contributed by atoms with Crippen LogP contribution in [-0.4, -0.2) is 61.2 Å². The maximum Gasteiger partial charge on any atom is 0.321 e. The average molecular weight is 421 g/mol. The van der Waals surface area contributed by atoms with Crippen LogP contribution in [0.4, 0.5) is 0 Å². The number of carbonyl (C=O) groups excluding carboxylic acids is 1. The second-order valence-electron chi connectivity index (χ2n) is 7.58. The second-order valence-corrected chi connectivity index (χ2v) is 7.58. The molecule has 2 aromatic carbocycles. The van der Waals surface area contributed by atoms with E-state index in [1.807, 2.05) is 35.2 Å². The Bertz CT molecular complexity index is 1070. The molecule has 1 aliphatic rings. The highest BCUT2D eigenvalue weighted by Crippen LogP contribution is 2.28. The van der Waals surface area contributed by atoms with Crippen molar-refractivity contribution in [1.29, 1.82) is 0 Å². The van der Waals surface area contributed by atoms with Gasteiger partial charge in [0, 0.05) is 24.2 Å². The van der Waals surface area contributed by atoms with Gasteiger partial charge >= 0.3 is 5.97 Å². The molecule has 31 heavy (non-hydrogen) atoms. The molecule has 3 N–H and O–H groups in total. The number of aromatic nitrogens is 3. The average Bonchev–Trinajstić information content (AvgIpc) is 3.45. The Kier molecular flexibility index (Phi) is 6.06. The number of nitrogens with one attached hydrogen (secondary N) is 1. The van der Waals surface area contributed by atoms with Gasteiger partial charge < -0.3 is 5.11 Å². The van der Waals surface area contributed by atoms with Crippen molar-refractivity contribution in [2.24, 2.45) is 0 Å². The fourth-order valence-electron chi connectivity index (χ4n) is 3.96. The summed E-state index contributed by atoms with van der Waals surface area (Å²) in [5.41, 5.74) is 4.34. The predicted molar refractivity (Wildman–Crippen MR) is 112 cm³/mol. The van der Waals surface area contributed by atoms with Crippen LogP contribution in [0.3, 0.4) is 0 Å². The molecule has 1 amide bonds. The Balaban J connectivity index is 1.48. The largest absolute Gasteiger partial charge is 0.480 e. The van der Waals surface area contributed by atoms with E-state index in [-0.39, 0.29) is 6.04 Å². The number of likely N-dealkylation sites (tertiary alicyclic amines) is 1. The normalized spacial score (nSPS) is 18.7. The molecule has 0 bridgehead atoms. The van der Waals surface area contributed by atoms with E-state index < -0.39 is 17.9 Å². The van der Waals surface area contributed by atoms with Crippen LogP contribution in [0.25, 0.3) is 11.3 Å². The molecule has 1 fully saturated rings. The summed E-state index contributed by atoms with van der Waals surface area (Å²) in [4.78, 5) is 25.4. The van der Waals surface area contributed by atoms with E-state index in [1.54, 1.807) is 40.6 Å². The van der Waals surface area contributed by atoms with Gasteiger partial charge in [-0.05, 0) is 30.5 Å². The number of nitrogens with zero attached hydrogens (tertiary/aromatic N) is 4. The third kappa shape index (κ3) is 4.62. The van der Waals surface area contributed by atoms with Crippen molar-refractivity contribution in [2.45, 2.75) is 24.9 Å². The molecule has 9 heteroatoms. The summed E-state index contributed by atoms with van der Waals surface area (Å²) in [5.74, 6) is -1.44. The zero-order valence-corrected chi connectivity index (χ0v) is 16.8. The highest BCUT2D eigenvalue weighted by Gasteiger charge is 2.37. The molecule has 3 aromatic rings. The lowest BCUT2D eigenvalue weighted by Crippen LogP contribution is -2.37. The molecule has 1 aliphatic heterocycles. The number of amides is 1. The number of hydroxylamine groups is 1. The monoisotopic (exact) mass is 421 g/mol. The SMILES string of the molecule is O=C(NO)c1cccc(-c2cn([C@H]3C[C@@H](C(=O)O)N(CCc4ccccc4)C3)nn2)c1. The summed E-state index contributed by atoms with van der Waals surface area (Å²) >= 11 is 0. The molecule has 0 aliphatic carbocycles. The van der Waals surface area contributed by atoms with Crippen LogP contribution in [-0.2, 0) is 11.2 Å². The van der Waals surface area contributed by atoms with Gasteiger partial charge in [-0.3, -0.25) is 19.7 Å². The van der Waals surface area contributed by atoms with Gasteiger partial charge in [0.05, 0.1) is 12.2 Å². The minimum Gasteiger partial charge on any atom is -0.480 e. The first-order valence-corrected chi connectivity index (χ1v) is 10.0. The molecule has 1 aromatic heterocycles. The standard InChI is InChI=1S/C22H23N5O4/c28-21(24-31)17-8-4-7-16(11-17)19-14-27(25-23-19)18-12-20(22(29)30)26(13-18)10-9-15-5-2-1-3-6-15/h1-8,11,14,18,20,31H,9-10,12-13H2,(H,24,28)(H,29,30)/t18-,20-/m0/s1. The molecule has 0 spiro atoms. The molecular formula is C22H23N5O4. The van der Waals surface area contributed by atoms with Crippen LogP contribution in [0.1, 0.15) is 28.4 Å². The van der Waals surface area contributed by atoms with E-state index in [1.165, 1.54) is 5.56 Å². The number of benzene rings is 2. The highest BCUT2D eigenvalue weighted by atomic mass is 16.5. The van der Waals surface area contributed by atoms with Gasteiger partial charge in [0.25, 0.3) is 5.91 Å². The fraction of sp³-hybridized carbons (Fsp3) is 0.273. The predicted octanol–water partition coefficient (Wildman–Crippen LogP) is 2.01. The van der Waals surface area contributed by atoms with Crippen molar-refractivity contribution in [2.75, 3.05) is 13.1 Å². The molecule has 2 heterocycles. The second kappa shape index (κ2) is 9.07. The first-order valence-electron chi connectivity index (χ1n) is 10.0. The highest BCUT2D eigenvalue weighted by molar-refractivity contribution is 5.94. The fourth-order valence-corrected chi connectivity index (χ4v) is 3.96. The number of aliphatic carboxylic acids is 1. The Hall–Kier alpha value is -3.56. The van der Waals surface area contributed by atoms with E-state index in [9.17, 15) is 14.7 Å². The Labute approximate surface area is 178 Å². The van der Waals surface area contributed by atoms with Crippen molar-refractivity contribution < 1.29 is 19.9 Å². The third-order valence-electron chi connectivity index (χ3n) is 5.60. The molecule has 2 atom stereocenters. The van der Waals surface area contributed by atoms with Gasteiger partial charge in [0.2, 0.25) is 0 Å². The van der Waals surface area contributed by atoms with Crippen LogP contribution in [0, 0.1) is 0 Å². The number of hydrogen-bond acceptors (Lipinski definition) is 6. The maximum atomic E-state index is 11.8. The van der Waals surface area contributed by atoms with Crippen LogP contribution < -0.4 is 5.48 Å². The molecule has 4 rings (SSSR count). The minimum absolute atomic E-state index is 0.109. The van der Waals surface area contributed by atoms with E-state index in [0.29, 0.717) is 36.3 Å². The van der Waals surface area contributed by atoms with Crippen LogP contribution >= 0.6 is 0 Å². The van der Waals surface area contributed by atoms with E-state index in [4.69, 9.17) is 5.21 Å². The van der Waals surface area contributed by atoms with Gasteiger partial charge in [-0.15, -0.1) is 5.10 Å². The molecule has 0 radical (unpaired) electrons. The zero-order valence-electron chi connectivity index (χ0n) is 16.8. The number of hydrogen-bond donors (Lipinski definition) is 3. The van der Waals surface area contributed by atoms with Crippen LogP contribution in [0.5, 0.6) is 0 Å². The topological polar surface area (TPSA) is 121 Å². The Morgan fingerprint density at radius 3 is 2.68 bits per heavy atom. The molecule has 9 nitrogen and oxygen atoms in total. The zero-order chi connectivity index (χ0) is 21.8. The van der Waals surface area contributed by atoms with Crippen LogP contribution in [0.2, 0.25) is 0 Å². The molecule has 0 unspecified atom stereocenters. The maximum absolute atomic E-state index is 11.8. The number of carboxylic acids is 1. The van der Waals surface area contributed by atoms with Gasteiger partial charge in [-0.2, -0.15) is 0 Å². The summed E-state index contributed by atoms with van der Waals surface area (Å²) in [6.45, 7) is 1.22. The van der Waals surface area contributed by atoms with Crippen molar-refractivity contribution in [1.82, 2.24) is 25.4 Å². The summed E-state index contributed by atoms with van der Waals surface area (Å²) in [5, 5.41) is 26.9. The molecule has 1 saturated heterocycles. The quantitative estimate of drug-likeness (QED) is 0.394. The van der Waals surface area contributed by atoms with Gasteiger partial charge in [0.15, 0.2) is 0 Å². The van der Waals surface area contributed by atoms with Crippen molar-refractivity contribution in [3.63, 3.8) is 0 Å². The summed E-state index contributed by atoms with van der Waals surface area (Å²) in [7, 11) is 0. The van der Waals surface area contributed by atoms with Gasteiger partial charge in [-0.25, -0.2) is 10.2 Å². The van der Waals surface area contributed by atoms with Gasteiger partial charge in [0.1, 0.15) is 11.7 Å². The molecule has 0 saturated carbocycles. The summed E-state index contributed by atoms with van der Waals surface area (Å²) in [6, 6.07) is 16.0. The lowest BCUT2D eigenvalue weighted by atomic mass is 10.1. The molecule has 160 valence electrons. The van der Waals surface area contributed by atoms with E-state index in [2.05, 4.69) is 10.3 Å². The smallest absolute Gasteiger partial charge is 0.321 e. The summed E-state index contributed by atoms with van der Waals surface area (Å²) < 4.78 is 1.70. The van der Waals surface area contributed by atoms with E-state index >= 15 is 0 Å². The number of rotatable bonds is 7. The summed E-state index contributed by atoms with van der Waals surface area (Å²) in [6.07, 6.45) is 2.99. The van der Waals surface area contributed by atoms with Crippen molar-refractivity contribution in [3.8, 4) is 11.3 Å². The van der Waals surface area contributed by atoms with E-state index in [0.717, 1.165) is 6.42 Å². The van der Waals surface area contributed by atoms with Crippen molar-refractivity contribution in [3.05, 3.63) is 71.9 Å². The first kappa shape index (κ1) is 20.7. The van der Waals surface area contributed by atoms with Gasteiger partial charge in [-0.1, -0.05) is 47.7 Å². The molecular weight excluding hydrogens is 398 g/mol. The van der Waals surface area contributed by atoms with Crippen molar-refractivity contribution >= 4 is 11.9 Å². The number of carboxylic acid groups (broad SMARTS) is 1. The minimum atomic E-state index is -0.835.